The Morgan fingerprint density at radius 1 is 1.36 bits per heavy atom. The number of alkyl halides is 5. The van der Waals surface area contributed by atoms with E-state index in [1.807, 2.05) is 0 Å². The van der Waals surface area contributed by atoms with Crippen LogP contribution in [0.2, 0.25) is 0 Å². The number of carbonyl (C=O) groups excluding carboxylic acids is 2. The first kappa shape index (κ1) is 24.5. The van der Waals surface area contributed by atoms with E-state index in [9.17, 15) is 22.8 Å². The summed E-state index contributed by atoms with van der Waals surface area (Å²) in [5.74, 6) is 0.539. The summed E-state index contributed by atoms with van der Waals surface area (Å²) < 4.78 is 42.0. The molecule has 1 amide bonds. The van der Waals surface area contributed by atoms with Crippen LogP contribution >= 0.6 is 31.2 Å². The molecule has 0 saturated carbocycles. The van der Waals surface area contributed by atoms with E-state index in [4.69, 9.17) is 5.73 Å². The van der Waals surface area contributed by atoms with E-state index in [-0.39, 0.29) is 33.9 Å². The summed E-state index contributed by atoms with van der Waals surface area (Å²) in [6.07, 6.45) is -2.87. The third-order valence-electron chi connectivity index (χ3n) is 5.91. The summed E-state index contributed by atoms with van der Waals surface area (Å²) >= 11 is -0.891. The van der Waals surface area contributed by atoms with Crippen LogP contribution in [0.5, 0.6) is 0 Å². The Labute approximate surface area is 201 Å². The molecule has 2 N–H and O–H groups in total. The molecule has 6 nitrogen and oxygen atoms in total. The molecule has 1 fully saturated rings. The van der Waals surface area contributed by atoms with E-state index in [0.29, 0.717) is 45.5 Å². The number of piperidine rings is 1. The molecule has 2 atom stereocenters. The van der Waals surface area contributed by atoms with Gasteiger partial charge in [0.25, 0.3) is 0 Å². The van der Waals surface area contributed by atoms with Crippen molar-refractivity contribution in [2.75, 3.05) is 17.5 Å². The van der Waals surface area contributed by atoms with Gasteiger partial charge >= 0.3 is 202 Å². The normalized spacial score (nSPS) is 21.1. The van der Waals surface area contributed by atoms with Gasteiger partial charge in [-0.25, -0.2) is 0 Å². The maximum atomic E-state index is 13.7. The van der Waals surface area contributed by atoms with E-state index in [1.54, 1.807) is 21.7 Å². The van der Waals surface area contributed by atoms with Crippen molar-refractivity contribution in [3.05, 3.63) is 33.8 Å². The zero-order valence-electron chi connectivity index (χ0n) is 18.2. The first-order chi connectivity index (χ1) is 15.6. The Morgan fingerprint density at radius 3 is 2.85 bits per heavy atom. The molecule has 33 heavy (non-hydrogen) atoms. The van der Waals surface area contributed by atoms with Gasteiger partial charge in [0.2, 0.25) is 0 Å². The third kappa shape index (κ3) is 5.73. The molecule has 0 unspecified atom stereocenters. The van der Waals surface area contributed by atoms with Gasteiger partial charge in [-0.1, -0.05) is 0 Å². The van der Waals surface area contributed by atoms with E-state index < -0.39 is 37.7 Å². The monoisotopic (exact) mass is 594 g/mol. The van der Waals surface area contributed by atoms with Crippen molar-refractivity contribution in [2.24, 2.45) is 11.7 Å². The minimum absolute atomic E-state index is 0.0573. The second-order valence-corrected chi connectivity index (χ2v) is 15.1. The predicted molar refractivity (Wildman–Crippen MR) is 129 cm³/mol. The van der Waals surface area contributed by atoms with Gasteiger partial charge in [-0.05, 0) is 0 Å². The van der Waals surface area contributed by atoms with Crippen molar-refractivity contribution in [2.45, 2.75) is 49.3 Å². The van der Waals surface area contributed by atoms with Crippen LogP contribution in [0.1, 0.15) is 43.1 Å². The van der Waals surface area contributed by atoms with Crippen LogP contribution in [0.3, 0.4) is 0 Å². The zero-order valence-corrected chi connectivity index (χ0v) is 21.2. The van der Waals surface area contributed by atoms with Gasteiger partial charge in [0, 0.05) is 0 Å². The van der Waals surface area contributed by atoms with Crippen LogP contribution in [-0.2, 0) is 26.6 Å². The van der Waals surface area contributed by atoms with Gasteiger partial charge in [0.05, 0.1) is 0 Å². The van der Waals surface area contributed by atoms with E-state index in [0.717, 1.165) is 6.42 Å². The molecule has 11 heteroatoms. The molecular formula is C22H26F3IN4O2S. The number of thiophene rings is 1. The fourth-order valence-corrected chi connectivity index (χ4v) is 10.1. The van der Waals surface area contributed by atoms with Crippen molar-refractivity contribution in [1.29, 1.82) is 0 Å². The molecule has 2 aromatic rings. The SMILES string of the molecule is C[C@@H]1CCC(=O)N(C[C@@H](N)CC(=O)I2CCc3c(nc(-c4ccsc4)nc3C(F)(F)F)C2)C1. The molecule has 180 valence electrons. The van der Waals surface area contributed by atoms with E-state index >= 15 is 0 Å². The molecule has 0 radical (unpaired) electrons. The van der Waals surface area contributed by atoms with Crippen LogP contribution < -0.4 is 5.73 Å². The van der Waals surface area contributed by atoms with E-state index in [1.165, 1.54) is 11.3 Å². The third-order valence-corrected chi connectivity index (χ3v) is 12.2. The Kier molecular flexibility index (Phi) is 7.39. The van der Waals surface area contributed by atoms with Crippen LogP contribution in [0.4, 0.5) is 13.2 Å². The van der Waals surface area contributed by atoms with Crippen LogP contribution in [0.15, 0.2) is 16.8 Å². The van der Waals surface area contributed by atoms with Crippen molar-refractivity contribution in [3.63, 3.8) is 0 Å². The molecule has 1 saturated heterocycles. The van der Waals surface area contributed by atoms with Crippen LogP contribution in [0.25, 0.3) is 11.4 Å². The van der Waals surface area contributed by atoms with Gasteiger partial charge in [-0.3, -0.25) is 0 Å². The molecule has 2 aliphatic rings. The molecule has 0 aliphatic carbocycles. The number of aromatic nitrogens is 2. The average molecular weight is 594 g/mol. The second kappa shape index (κ2) is 9.95. The fraction of sp³-hybridized carbons (Fsp3) is 0.545. The summed E-state index contributed by atoms with van der Waals surface area (Å²) in [6, 6.07) is 1.24. The number of hydrogen-bond acceptors (Lipinski definition) is 6. The first-order valence-corrected chi connectivity index (χ1v) is 15.9. The van der Waals surface area contributed by atoms with Crippen LogP contribution in [0, 0.1) is 5.92 Å². The topological polar surface area (TPSA) is 89.2 Å². The number of hydrogen-bond donors (Lipinski definition) is 1. The summed E-state index contributed by atoms with van der Waals surface area (Å²) in [7, 11) is 0. The Hall–Kier alpha value is -1.60. The molecule has 0 spiro atoms. The zero-order chi connectivity index (χ0) is 23.8. The first-order valence-electron chi connectivity index (χ1n) is 10.8. The van der Waals surface area contributed by atoms with Crippen molar-refractivity contribution >= 4 is 40.9 Å². The number of likely N-dealkylation sites (tertiary alicyclic amines) is 1. The number of amides is 1. The standard InChI is InChI=1S/C22H26F3IN4O2S/c1-13-2-3-19(32)30(10-13)11-15(27)8-18(31)26-6-4-16-17(9-26)28-21(14-5-7-33-12-14)29-20(16)22(23,24)25/h5,7,12-13,15H,2-4,6,8-11,27H2,1H3/t13-,15+/m1/s1. The number of nitrogens with two attached hydrogens (primary N) is 1. The summed E-state index contributed by atoms with van der Waals surface area (Å²) in [5, 5.41) is 3.48. The molecule has 0 bridgehead atoms. The molecule has 0 aromatic carbocycles. The Morgan fingerprint density at radius 2 is 2.15 bits per heavy atom. The van der Waals surface area contributed by atoms with Crippen LogP contribution in [-0.4, -0.2) is 48.1 Å². The van der Waals surface area contributed by atoms with Crippen molar-refractivity contribution < 1.29 is 22.8 Å². The maximum absolute atomic E-state index is 13.7. The number of rotatable bonds is 6. The fourth-order valence-electron chi connectivity index (χ4n) is 4.20. The Bertz CT molecular complexity index is 1030. The number of carbonyl (C=O) groups is 2. The summed E-state index contributed by atoms with van der Waals surface area (Å²) in [4.78, 5) is 35.2. The summed E-state index contributed by atoms with van der Waals surface area (Å²) in [6.45, 7) is 3.09. The number of halogens is 4. The van der Waals surface area contributed by atoms with Gasteiger partial charge in [0.15, 0.2) is 0 Å². The van der Waals surface area contributed by atoms with E-state index in [2.05, 4.69) is 16.9 Å². The average Bonchev–Trinajstić information content (AvgIpc) is 3.29. The molecule has 2 aromatic heterocycles. The second-order valence-electron chi connectivity index (χ2n) is 8.62. The minimum atomic E-state index is -4.57. The Balaban J connectivity index is 1.48. The molecule has 4 rings (SSSR count). The number of nitrogens with zero attached hydrogens (tertiary/aromatic N) is 3. The quantitative estimate of drug-likeness (QED) is 0.307. The molecule has 2 aliphatic heterocycles. The van der Waals surface area contributed by atoms with Gasteiger partial charge in [0.1, 0.15) is 0 Å². The number of fused-ring (bicyclic) bond motifs is 1. The van der Waals surface area contributed by atoms with Gasteiger partial charge in [-0.15, -0.1) is 0 Å². The predicted octanol–water partition coefficient (Wildman–Crippen LogP) is 4.29. The molecular weight excluding hydrogens is 568 g/mol. The van der Waals surface area contributed by atoms with Gasteiger partial charge < -0.3 is 0 Å². The summed E-state index contributed by atoms with van der Waals surface area (Å²) in [5.41, 5.74) is 6.37. The van der Waals surface area contributed by atoms with Crippen molar-refractivity contribution in [3.8, 4) is 11.4 Å². The molecule has 4 heterocycles. The van der Waals surface area contributed by atoms with Crippen molar-refractivity contribution in [1.82, 2.24) is 14.9 Å². The van der Waals surface area contributed by atoms with Gasteiger partial charge in [-0.2, -0.15) is 0 Å².